The summed E-state index contributed by atoms with van der Waals surface area (Å²) >= 11 is 18.3. The average molecular weight is 569 g/mol. The molecule has 1 N–H and O–H groups in total. The molecule has 3 aromatic rings. The van der Waals surface area contributed by atoms with Gasteiger partial charge in [0, 0.05) is 18.6 Å². The van der Waals surface area contributed by atoms with E-state index in [9.17, 15) is 18.0 Å². The van der Waals surface area contributed by atoms with Crippen LogP contribution in [-0.2, 0) is 26.2 Å². The summed E-state index contributed by atoms with van der Waals surface area (Å²) in [5.41, 5.74) is 0.829. The number of benzene rings is 3. The fourth-order valence-electron chi connectivity index (χ4n) is 3.51. The second kappa shape index (κ2) is 12.0. The van der Waals surface area contributed by atoms with Crippen LogP contribution in [0.2, 0.25) is 15.1 Å². The molecule has 0 aromatic heterocycles. The molecular formula is C25H24Cl3N3O4S. The van der Waals surface area contributed by atoms with Crippen molar-refractivity contribution in [2.75, 3.05) is 17.9 Å². The van der Waals surface area contributed by atoms with Crippen LogP contribution in [0.1, 0.15) is 12.5 Å². The van der Waals surface area contributed by atoms with E-state index in [1.165, 1.54) is 30.1 Å². The van der Waals surface area contributed by atoms with Crippen LogP contribution in [0, 0.1) is 0 Å². The maximum absolute atomic E-state index is 13.7. The van der Waals surface area contributed by atoms with E-state index in [4.69, 9.17) is 34.8 Å². The Morgan fingerprint density at radius 2 is 1.61 bits per heavy atom. The summed E-state index contributed by atoms with van der Waals surface area (Å²) in [6.45, 7) is 0.989. The Kier molecular flexibility index (Phi) is 9.24. The van der Waals surface area contributed by atoms with Crippen LogP contribution in [0.25, 0.3) is 0 Å². The quantitative estimate of drug-likeness (QED) is 0.393. The highest BCUT2D eigenvalue weighted by Crippen LogP contribution is 2.27. The molecule has 3 aromatic carbocycles. The predicted molar refractivity (Wildman–Crippen MR) is 143 cm³/mol. The molecule has 1 atom stereocenters. The Balaban J connectivity index is 2.03. The summed E-state index contributed by atoms with van der Waals surface area (Å²) in [4.78, 5) is 27.4. The number of rotatable bonds is 9. The molecular weight excluding hydrogens is 545 g/mol. The van der Waals surface area contributed by atoms with Crippen LogP contribution in [-0.4, -0.2) is 44.8 Å². The fraction of sp³-hybridized carbons (Fsp3) is 0.200. The maximum Gasteiger partial charge on any atom is 0.264 e. The number of halogens is 3. The van der Waals surface area contributed by atoms with E-state index in [0.717, 1.165) is 4.31 Å². The van der Waals surface area contributed by atoms with E-state index >= 15 is 0 Å². The van der Waals surface area contributed by atoms with E-state index < -0.39 is 34.4 Å². The van der Waals surface area contributed by atoms with Gasteiger partial charge in [-0.15, -0.1) is 0 Å². The maximum atomic E-state index is 13.7. The van der Waals surface area contributed by atoms with Crippen molar-refractivity contribution in [2.24, 2.45) is 0 Å². The highest BCUT2D eigenvalue weighted by atomic mass is 35.5. The Bertz CT molecular complexity index is 1350. The van der Waals surface area contributed by atoms with Crippen molar-refractivity contribution in [2.45, 2.75) is 24.4 Å². The first-order valence-corrected chi connectivity index (χ1v) is 13.4. The number of nitrogens with zero attached hydrogens (tertiary/aromatic N) is 2. The number of carbonyl (C=O) groups excluding carboxylic acids is 2. The molecule has 0 bridgehead atoms. The molecule has 0 saturated heterocycles. The van der Waals surface area contributed by atoms with Crippen molar-refractivity contribution in [3.8, 4) is 0 Å². The smallest absolute Gasteiger partial charge is 0.264 e. The molecule has 0 spiro atoms. The van der Waals surface area contributed by atoms with E-state index in [1.807, 2.05) is 0 Å². The molecule has 0 radical (unpaired) electrons. The molecule has 7 nitrogen and oxygen atoms in total. The predicted octanol–water partition coefficient (Wildman–Crippen LogP) is 5.01. The zero-order valence-electron chi connectivity index (χ0n) is 19.5. The van der Waals surface area contributed by atoms with Gasteiger partial charge in [-0.1, -0.05) is 65.1 Å². The van der Waals surface area contributed by atoms with Crippen LogP contribution in [0.3, 0.4) is 0 Å². The summed E-state index contributed by atoms with van der Waals surface area (Å²) in [5, 5.41) is 3.47. The minimum atomic E-state index is -4.15. The van der Waals surface area contributed by atoms with Crippen molar-refractivity contribution >= 4 is 62.3 Å². The van der Waals surface area contributed by atoms with Gasteiger partial charge in [-0.25, -0.2) is 8.42 Å². The normalized spacial score (nSPS) is 12.0. The Hall–Kier alpha value is -2.78. The van der Waals surface area contributed by atoms with Gasteiger partial charge in [0.2, 0.25) is 11.8 Å². The van der Waals surface area contributed by atoms with Crippen LogP contribution >= 0.6 is 34.8 Å². The molecule has 3 rings (SSSR count). The van der Waals surface area contributed by atoms with Crippen molar-refractivity contribution < 1.29 is 18.0 Å². The van der Waals surface area contributed by atoms with Gasteiger partial charge < -0.3 is 10.2 Å². The summed E-state index contributed by atoms with van der Waals surface area (Å²) in [7, 11) is -2.69. The van der Waals surface area contributed by atoms with Gasteiger partial charge in [-0.3, -0.25) is 13.9 Å². The minimum absolute atomic E-state index is 0.000913. The third-order valence-corrected chi connectivity index (χ3v) is 8.22. The van der Waals surface area contributed by atoms with Gasteiger partial charge in [-0.05, 0) is 55.0 Å². The summed E-state index contributed by atoms with van der Waals surface area (Å²) in [6.07, 6.45) is 0. The van der Waals surface area contributed by atoms with Crippen molar-refractivity contribution in [3.63, 3.8) is 0 Å². The number of sulfonamides is 1. The highest BCUT2D eigenvalue weighted by Gasteiger charge is 2.32. The Morgan fingerprint density at radius 3 is 2.22 bits per heavy atom. The second-order valence-corrected chi connectivity index (χ2v) is 11.0. The van der Waals surface area contributed by atoms with E-state index in [2.05, 4.69) is 5.32 Å². The highest BCUT2D eigenvalue weighted by molar-refractivity contribution is 7.92. The minimum Gasteiger partial charge on any atom is -0.357 e. The van der Waals surface area contributed by atoms with Crippen molar-refractivity contribution in [3.05, 3.63) is 93.4 Å². The lowest BCUT2D eigenvalue weighted by atomic mass is 10.1. The monoisotopic (exact) mass is 567 g/mol. The van der Waals surface area contributed by atoms with E-state index in [-0.39, 0.29) is 17.1 Å². The van der Waals surface area contributed by atoms with Crippen molar-refractivity contribution in [1.82, 2.24) is 10.2 Å². The number of carbonyl (C=O) groups is 2. The van der Waals surface area contributed by atoms with Crippen LogP contribution in [0.15, 0.2) is 77.7 Å². The molecule has 0 fully saturated rings. The molecule has 0 heterocycles. The lowest BCUT2D eigenvalue weighted by Crippen LogP contribution is -2.50. The lowest BCUT2D eigenvalue weighted by Gasteiger charge is -2.31. The molecule has 0 aliphatic carbocycles. The third-order valence-electron chi connectivity index (χ3n) is 5.46. The van der Waals surface area contributed by atoms with Crippen LogP contribution < -0.4 is 9.62 Å². The Labute approximate surface area is 225 Å². The first-order valence-electron chi connectivity index (χ1n) is 10.8. The summed E-state index contributed by atoms with van der Waals surface area (Å²) in [5.74, 6) is -1.01. The van der Waals surface area contributed by atoms with Gasteiger partial charge in [0.1, 0.15) is 12.6 Å². The van der Waals surface area contributed by atoms with Gasteiger partial charge in [0.15, 0.2) is 0 Å². The number of likely N-dealkylation sites (N-methyl/N-ethyl adjacent to an activating group) is 1. The summed E-state index contributed by atoms with van der Waals surface area (Å²) in [6, 6.07) is 17.9. The van der Waals surface area contributed by atoms with Gasteiger partial charge in [0.25, 0.3) is 10.0 Å². The lowest BCUT2D eigenvalue weighted by molar-refractivity contribution is -0.139. The zero-order chi connectivity index (χ0) is 26.5. The number of hydrogen-bond donors (Lipinski definition) is 1. The first kappa shape index (κ1) is 27.8. The van der Waals surface area contributed by atoms with Gasteiger partial charge in [0.05, 0.1) is 20.6 Å². The summed E-state index contributed by atoms with van der Waals surface area (Å²) < 4.78 is 28.2. The molecule has 190 valence electrons. The van der Waals surface area contributed by atoms with Crippen LogP contribution in [0.5, 0.6) is 0 Å². The molecule has 36 heavy (non-hydrogen) atoms. The number of nitrogens with one attached hydrogen (secondary N) is 1. The number of anilines is 1. The molecule has 0 saturated carbocycles. The zero-order valence-corrected chi connectivity index (χ0v) is 22.6. The Morgan fingerprint density at radius 1 is 0.917 bits per heavy atom. The first-order chi connectivity index (χ1) is 17.0. The molecule has 0 aliphatic rings. The van der Waals surface area contributed by atoms with Gasteiger partial charge in [-0.2, -0.15) is 0 Å². The van der Waals surface area contributed by atoms with E-state index in [1.54, 1.807) is 61.5 Å². The van der Waals surface area contributed by atoms with E-state index in [0.29, 0.717) is 20.6 Å². The second-order valence-electron chi connectivity index (χ2n) is 7.86. The fourth-order valence-corrected chi connectivity index (χ4v) is 5.44. The standard InChI is InChI=1S/C25H24Cl3N3O4S/c1-17(25(33)29-2)30(15-18-11-12-22(27)23(28)13-18)24(32)16-31(20-8-6-7-19(26)14-20)36(34,35)21-9-4-3-5-10-21/h3-14,17H,15-16H2,1-2H3,(H,29,33). The molecule has 2 amide bonds. The molecule has 1 unspecified atom stereocenters. The third kappa shape index (κ3) is 6.50. The van der Waals surface area contributed by atoms with Gasteiger partial charge >= 0.3 is 0 Å². The number of hydrogen-bond acceptors (Lipinski definition) is 4. The topological polar surface area (TPSA) is 86.8 Å². The largest absolute Gasteiger partial charge is 0.357 e. The van der Waals surface area contributed by atoms with Crippen LogP contribution in [0.4, 0.5) is 5.69 Å². The average Bonchev–Trinajstić information content (AvgIpc) is 2.87. The molecule has 11 heteroatoms. The van der Waals surface area contributed by atoms with Crippen molar-refractivity contribution in [1.29, 1.82) is 0 Å². The number of amides is 2. The molecule has 0 aliphatic heterocycles. The SMILES string of the molecule is CNC(=O)C(C)N(Cc1ccc(Cl)c(Cl)c1)C(=O)CN(c1cccc(Cl)c1)S(=O)(=O)c1ccccc1.